The molecule has 33 heavy (non-hydrogen) atoms. The third-order valence-electron chi connectivity index (χ3n) is 6.11. The van der Waals surface area contributed by atoms with Gasteiger partial charge >= 0.3 is 0 Å². The monoisotopic (exact) mass is 487 g/mol. The summed E-state index contributed by atoms with van der Waals surface area (Å²) in [7, 11) is -3.41. The van der Waals surface area contributed by atoms with Gasteiger partial charge in [0.05, 0.1) is 34.1 Å². The number of hydrogen-bond acceptors (Lipinski definition) is 7. The van der Waals surface area contributed by atoms with Crippen LogP contribution >= 0.6 is 11.3 Å². The number of amides is 1. The molecule has 0 atom stereocenters. The van der Waals surface area contributed by atoms with Crippen molar-refractivity contribution in [2.45, 2.75) is 25.7 Å². The molecule has 0 saturated carbocycles. The summed E-state index contributed by atoms with van der Waals surface area (Å²) in [5, 5.41) is 0.626. The number of carbonyl (C=O) groups is 1. The maximum Gasteiger partial charge on any atom is 0.260 e. The van der Waals surface area contributed by atoms with Gasteiger partial charge in [-0.25, -0.2) is 13.4 Å². The summed E-state index contributed by atoms with van der Waals surface area (Å²) in [5.41, 5.74) is 3.51. The zero-order chi connectivity index (χ0) is 23.6. The highest BCUT2D eigenvalue weighted by molar-refractivity contribution is 7.91. The number of fused-ring (bicyclic) bond motifs is 1. The molecule has 7 nitrogen and oxygen atoms in total. The van der Waals surface area contributed by atoms with Crippen LogP contribution in [-0.4, -0.2) is 69.4 Å². The number of morpholine rings is 1. The molecule has 0 N–H and O–H groups in total. The molecule has 1 aliphatic rings. The Balaban J connectivity index is 1.70. The van der Waals surface area contributed by atoms with Crippen molar-refractivity contribution in [3.05, 3.63) is 53.1 Å². The number of aromatic nitrogens is 1. The second-order valence-corrected chi connectivity index (χ2v) is 11.5. The lowest BCUT2D eigenvalue weighted by molar-refractivity contribution is 0.0391. The molecule has 2 heterocycles. The van der Waals surface area contributed by atoms with E-state index in [2.05, 4.69) is 17.9 Å². The molecule has 176 valence electrons. The van der Waals surface area contributed by atoms with Gasteiger partial charge in [-0.2, -0.15) is 0 Å². The van der Waals surface area contributed by atoms with E-state index in [4.69, 9.17) is 9.72 Å². The van der Waals surface area contributed by atoms with E-state index in [9.17, 15) is 13.2 Å². The van der Waals surface area contributed by atoms with E-state index in [-0.39, 0.29) is 16.6 Å². The minimum absolute atomic E-state index is 0.0120. The number of anilines is 1. The van der Waals surface area contributed by atoms with E-state index in [0.717, 1.165) is 34.4 Å². The van der Waals surface area contributed by atoms with Gasteiger partial charge in [-0.15, -0.1) is 0 Å². The molecule has 4 rings (SSSR count). The minimum Gasteiger partial charge on any atom is -0.379 e. The summed E-state index contributed by atoms with van der Waals surface area (Å²) < 4.78 is 31.2. The summed E-state index contributed by atoms with van der Waals surface area (Å²) in [5.74, 6) is -0.258. The van der Waals surface area contributed by atoms with Crippen molar-refractivity contribution in [3.8, 4) is 0 Å². The fourth-order valence-corrected chi connectivity index (χ4v) is 5.80. The van der Waals surface area contributed by atoms with Crippen LogP contribution in [0.1, 0.15) is 28.4 Å². The van der Waals surface area contributed by atoms with Crippen molar-refractivity contribution in [1.82, 2.24) is 9.88 Å². The molecule has 1 amide bonds. The summed E-state index contributed by atoms with van der Waals surface area (Å²) in [6.45, 7) is 9.86. The molecule has 0 aliphatic carbocycles. The maximum absolute atomic E-state index is 13.7. The molecule has 1 fully saturated rings. The highest BCUT2D eigenvalue weighted by atomic mass is 32.2. The first kappa shape index (κ1) is 23.8. The van der Waals surface area contributed by atoms with Gasteiger partial charge in [0.2, 0.25) is 0 Å². The van der Waals surface area contributed by atoms with Gasteiger partial charge in [-0.1, -0.05) is 30.4 Å². The summed E-state index contributed by atoms with van der Waals surface area (Å²) in [4.78, 5) is 22.6. The van der Waals surface area contributed by atoms with Crippen LogP contribution in [0.2, 0.25) is 0 Å². The highest BCUT2D eigenvalue weighted by Gasteiger charge is 2.24. The predicted octanol–water partition coefficient (Wildman–Crippen LogP) is 3.69. The first-order valence-corrected chi connectivity index (χ1v) is 13.6. The SMILES string of the molecule is CCS(=O)(=O)c1cccc(C(=O)N(CCN2CCOCC2)c2nc3c(C)c(C)ccc3s2)c1. The lowest BCUT2D eigenvalue weighted by atomic mass is 10.1. The van der Waals surface area contributed by atoms with Crippen molar-refractivity contribution in [3.63, 3.8) is 0 Å². The number of nitrogens with zero attached hydrogens (tertiary/aromatic N) is 3. The van der Waals surface area contributed by atoms with Crippen molar-refractivity contribution in [1.29, 1.82) is 0 Å². The van der Waals surface area contributed by atoms with Crippen LogP contribution in [0.3, 0.4) is 0 Å². The van der Waals surface area contributed by atoms with E-state index in [1.54, 1.807) is 24.0 Å². The second-order valence-electron chi connectivity index (χ2n) is 8.19. The first-order valence-electron chi connectivity index (χ1n) is 11.1. The highest BCUT2D eigenvalue weighted by Crippen LogP contribution is 2.32. The molecular formula is C24H29N3O4S2. The van der Waals surface area contributed by atoms with Crippen molar-refractivity contribution < 1.29 is 17.9 Å². The van der Waals surface area contributed by atoms with E-state index in [1.165, 1.54) is 23.5 Å². The minimum atomic E-state index is -3.41. The average molecular weight is 488 g/mol. The molecular weight excluding hydrogens is 458 g/mol. The zero-order valence-electron chi connectivity index (χ0n) is 19.2. The molecule has 1 saturated heterocycles. The molecule has 0 radical (unpaired) electrons. The number of thiazole rings is 1. The van der Waals surface area contributed by atoms with Crippen molar-refractivity contribution in [2.75, 3.05) is 50.0 Å². The fraction of sp³-hybridized carbons (Fsp3) is 0.417. The number of carbonyl (C=O) groups excluding carboxylic acids is 1. The van der Waals surface area contributed by atoms with Crippen LogP contribution in [0.15, 0.2) is 41.3 Å². The summed E-state index contributed by atoms with van der Waals surface area (Å²) in [6.07, 6.45) is 0. The number of aryl methyl sites for hydroxylation is 2. The Morgan fingerprint density at radius 1 is 1.18 bits per heavy atom. The normalized spacial score (nSPS) is 15.1. The molecule has 3 aromatic rings. The van der Waals surface area contributed by atoms with E-state index < -0.39 is 9.84 Å². The van der Waals surface area contributed by atoms with Crippen molar-refractivity contribution >= 4 is 42.4 Å². The topological polar surface area (TPSA) is 79.8 Å². The van der Waals surface area contributed by atoms with E-state index in [1.807, 2.05) is 13.0 Å². The van der Waals surface area contributed by atoms with E-state index in [0.29, 0.717) is 37.0 Å². The fourth-order valence-electron chi connectivity index (χ4n) is 3.83. The van der Waals surface area contributed by atoms with Crippen LogP contribution < -0.4 is 4.90 Å². The molecule has 9 heteroatoms. The third-order valence-corrected chi connectivity index (χ3v) is 8.89. The second kappa shape index (κ2) is 9.89. The van der Waals surface area contributed by atoms with E-state index >= 15 is 0 Å². The number of ether oxygens (including phenoxy) is 1. The number of sulfone groups is 1. The van der Waals surface area contributed by atoms with Gasteiger partial charge in [0.1, 0.15) is 0 Å². The third kappa shape index (κ3) is 5.11. The van der Waals surface area contributed by atoms with Gasteiger partial charge in [-0.05, 0) is 49.2 Å². The molecule has 2 aromatic carbocycles. The van der Waals surface area contributed by atoms with Gasteiger partial charge in [-0.3, -0.25) is 14.6 Å². The Kier molecular flexibility index (Phi) is 7.13. The van der Waals surface area contributed by atoms with Crippen molar-refractivity contribution in [2.24, 2.45) is 0 Å². The van der Waals surface area contributed by atoms with Gasteiger partial charge in [0.15, 0.2) is 15.0 Å². The Labute approximate surface area is 198 Å². The molecule has 0 unspecified atom stereocenters. The molecule has 0 bridgehead atoms. The molecule has 1 aliphatic heterocycles. The average Bonchev–Trinajstić information content (AvgIpc) is 3.27. The largest absolute Gasteiger partial charge is 0.379 e. The van der Waals surface area contributed by atoms with Crippen LogP contribution in [0, 0.1) is 13.8 Å². The van der Waals surface area contributed by atoms with Gasteiger partial charge in [0.25, 0.3) is 5.91 Å². The predicted molar refractivity (Wildman–Crippen MR) is 132 cm³/mol. The van der Waals surface area contributed by atoms with Gasteiger partial charge in [0, 0.05) is 31.7 Å². The summed E-state index contributed by atoms with van der Waals surface area (Å²) in [6, 6.07) is 10.4. The zero-order valence-corrected chi connectivity index (χ0v) is 20.8. The molecule has 0 spiro atoms. The number of benzene rings is 2. The van der Waals surface area contributed by atoms with Crippen LogP contribution in [0.25, 0.3) is 10.2 Å². The quantitative estimate of drug-likeness (QED) is 0.506. The number of rotatable bonds is 7. The van der Waals surface area contributed by atoms with Gasteiger partial charge < -0.3 is 4.74 Å². The maximum atomic E-state index is 13.7. The lowest BCUT2D eigenvalue weighted by Gasteiger charge is -2.29. The summed E-state index contributed by atoms with van der Waals surface area (Å²) >= 11 is 1.48. The van der Waals surface area contributed by atoms with Crippen LogP contribution in [-0.2, 0) is 14.6 Å². The smallest absolute Gasteiger partial charge is 0.260 e. The first-order chi connectivity index (χ1) is 15.8. The van der Waals surface area contributed by atoms with Crippen LogP contribution in [0.5, 0.6) is 0 Å². The Morgan fingerprint density at radius 2 is 1.94 bits per heavy atom. The Bertz CT molecular complexity index is 1260. The number of hydrogen-bond donors (Lipinski definition) is 0. The Morgan fingerprint density at radius 3 is 2.67 bits per heavy atom. The lowest BCUT2D eigenvalue weighted by Crippen LogP contribution is -2.43. The molecule has 1 aromatic heterocycles. The standard InChI is InChI=1S/C24H29N3O4S2/c1-4-33(29,30)20-7-5-6-19(16-20)23(28)27(11-10-26-12-14-31-15-13-26)24-25-22-18(3)17(2)8-9-21(22)32-24/h5-9,16H,4,10-15H2,1-3H3. The Hall–Kier alpha value is -2.33. The van der Waals surface area contributed by atoms with Crippen LogP contribution in [0.4, 0.5) is 5.13 Å².